The number of benzene rings is 3. The second-order valence-electron chi connectivity index (χ2n) is 6.97. The highest BCUT2D eigenvalue weighted by Crippen LogP contribution is 2.62. The van der Waals surface area contributed by atoms with Crippen LogP contribution in [-0.2, 0) is 17.4 Å². The average molecular weight is 394 g/mol. The van der Waals surface area contributed by atoms with E-state index in [0.717, 1.165) is 22.3 Å². The maximum Gasteiger partial charge on any atom is 0.310 e. The number of aromatic hydroxyl groups is 1. The lowest BCUT2D eigenvalue weighted by molar-refractivity contribution is 0.239. The van der Waals surface area contributed by atoms with Crippen molar-refractivity contribution in [1.82, 2.24) is 0 Å². The number of aliphatic hydroxyl groups is 1. The van der Waals surface area contributed by atoms with Gasteiger partial charge in [0.25, 0.3) is 0 Å². The zero-order valence-electron chi connectivity index (χ0n) is 15.9. The smallest absolute Gasteiger partial charge is 0.310 e. The van der Waals surface area contributed by atoms with Gasteiger partial charge in [-0.25, -0.2) is 0 Å². The summed E-state index contributed by atoms with van der Waals surface area (Å²) in [6.45, 7) is 3.88. The van der Waals surface area contributed by atoms with Gasteiger partial charge in [0.05, 0.1) is 5.30 Å². The second-order valence-corrected chi connectivity index (χ2v) is 9.32. The molecule has 0 bridgehead atoms. The van der Waals surface area contributed by atoms with Crippen molar-refractivity contribution in [3.63, 3.8) is 0 Å². The van der Waals surface area contributed by atoms with Crippen LogP contribution in [0, 0.1) is 0 Å². The Balaban J connectivity index is 1.89. The lowest BCUT2D eigenvalue weighted by atomic mass is 10.0. The average Bonchev–Trinajstić information content (AvgIpc) is 2.73. The number of para-hydroxylation sites is 1. The highest BCUT2D eigenvalue weighted by atomic mass is 31.2. The summed E-state index contributed by atoms with van der Waals surface area (Å²) in [7, 11) is -3.65. The van der Waals surface area contributed by atoms with Crippen molar-refractivity contribution in [2.45, 2.75) is 32.5 Å². The van der Waals surface area contributed by atoms with E-state index in [0.29, 0.717) is 29.5 Å². The van der Waals surface area contributed by atoms with Crippen LogP contribution >= 0.6 is 7.37 Å². The number of rotatable bonds is 4. The minimum absolute atomic E-state index is 0.245. The molecular weight excluding hydrogens is 371 g/mol. The summed E-state index contributed by atoms with van der Waals surface area (Å²) < 4.78 is 20.1. The highest BCUT2D eigenvalue weighted by molar-refractivity contribution is 7.68. The van der Waals surface area contributed by atoms with E-state index in [4.69, 9.17) is 4.52 Å². The van der Waals surface area contributed by atoms with Gasteiger partial charge in [-0.1, -0.05) is 50.2 Å². The molecule has 0 saturated carbocycles. The molecule has 1 aliphatic heterocycles. The van der Waals surface area contributed by atoms with Crippen molar-refractivity contribution in [1.29, 1.82) is 0 Å². The molecule has 28 heavy (non-hydrogen) atoms. The maximum atomic E-state index is 14.1. The molecule has 0 radical (unpaired) electrons. The van der Waals surface area contributed by atoms with Crippen molar-refractivity contribution >= 4 is 12.7 Å². The van der Waals surface area contributed by atoms with Crippen LogP contribution < -0.4 is 9.83 Å². The molecule has 1 aliphatic rings. The van der Waals surface area contributed by atoms with Gasteiger partial charge in [0, 0.05) is 5.56 Å². The molecule has 0 saturated heterocycles. The van der Waals surface area contributed by atoms with Crippen LogP contribution in [0.5, 0.6) is 11.5 Å². The molecular formula is C23H23O4P. The van der Waals surface area contributed by atoms with Gasteiger partial charge in [-0.05, 0) is 59.4 Å². The Bertz CT molecular complexity index is 1060. The van der Waals surface area contributed by atoms with E-state index in [1.165, 1.54) is 0 Å². The van der Waals surface area contributed by atoms with Crippen LogP contribution in [0.15, 0.2) is 60.7 Å². The number of phenols is 1. The van der Waals surface area contributed by atoms with Crippen molar-refractivity contribution in [2.75, 3.05) is 0 Å². The largest absolute Gasteiger partial charge is 0.507 e. The van der Waals surface area contributed by atoms with E-state index in [1.54, 1.807) is 30.3 Å². The van der Waals surface area contributed by atoms with Crippen molar-refractivity contribution in [3.8, 4) is 22.6 Å². The van der Waals surface area contributed by atoms with Gasteiger partial charge in [-0.3, -0.25) is 4.57 Å². The maximum absolute atomic E-state index is 14.1. The Morgan fingerprint density at radius 3 is 2.14 bits per heavy atom. The molecule has 2 atom stereocenters. The van der Waals surface area contributed by atoms with E-state index in [1.807, 2.05) is 44.2 Å². The molecule has 144 valence electrons. The summed E-state index contributed by atoms with van der Waals surface area (Å²) in [6.07, 6.45) is 1.23. The molecule has 0 aliphatic carbocycles. The molecule has 5 heteroatoms. The Morgan fingerprint density at radius 1 is 0.929 bits per heavy atom. The molecule has 1 heterocycles. The lowest BCUT2D eigenvalue weighted by Gasteiger charge is -2.32. The predicted molar refractivity (Wildman–Crippen MR) is 112 cm³/mol. The Hall–Kier alpha value is -2.55. The Morgan fingerprint density at radius 2 is 1.50 bits per heavy atom. The van der Waals surface area contributed by atoms with E-state index in [9.17, 15) is 14.8 Å². The third-order valence-corrected chi connectivity index (χ3v) is 7.79. The van der Waals surface area contributed by atoms with Crippen LogP contribution in [0.3, 0.4) is 0 Å². The highest BCUT2D eigenvalue weighted by Gasteiger charge is 2.43. The molecule has 4 rings (SSSR count). The summed E-state index contributed by atoms with van der Waals surface area (Å²) in [6, 6.07) is 18.3. The SMILES string of the molecule is CCc1cc(C(O)P2(=O)Oc3ccccc3-c3ccccc32)cc(CC)c1O. The third-order valence-electron chi connectivity index (χ3n) is 5.32. The second kappa shape index (κ2) is 7.12. The number of phenolic OH excluding ortho intramolecular Hbond substituents is 1. The number of aliphatic hydroxyl groups excluding tert-OH is 1. The predicted octanol–water partition coefficient (Wildman–Crippen LogP) is 5.17. The number of fused-ring (bicyclic) bond motifs is 3. The minimum Gasteiger partial charge on any atom is -0.507 e. The summed E-state index contributed by atoms with van der Waals surface area (Å²) in [4.78, 5) is 0. The summed E-state index contributed by atoms with van der Waals surface area (Å²) in [5.41, 5.74) is 3.64. The van der Waals surface area contributed by atoms with E-state index >= 15 is 0 Å². The molecule has 0 amide bonds. The van der Waals surface area contributed by atoms with Gasteiger partial charge in [-0.15, -0.1) is 0 Å². The molecule has 2 N–H and O–H groups in total. The van der Waals surface area contributed by atoms with Gasteiger partial charge in [0.2, 0.25) is 0 Å². The fraction of sp³-hybridized carbons (Fsp3) is 0.217. The fourth-order valence-corrected chi connectivity index (χ4v) is 6.07. The lowest BCUT2D eigenvalue weighted by Crippen LogP contribution is -2.22. The summed E-state index contributed by atoms with van der Waals surface area (Å²) >= 11 is 0. The van der Waals surface area contributed by atoms with Crippen LogP contribution in [0.1, 0.15) is 36.4 Å². The number of hydrogen-bond acceptors (Lipinski definition) is 4. The first-order valence-corrected chi connectivity index (χ1v) is 11.2. The first kappa shape index (κ1) is 18.8. The van der Waals surface area contributed by atoms with Crippen LogP contribution in [0.4, 0.5) is 0 Å². The zero-order valence-corrected chi connectivity index (χ0v) is 16.8. The molecule has 3 aromatic rings. The zero-order chi connectivity index (χ0) is 19.9. The summed E-state index contributed by atoms with van der Waals surface area (Å²) in [5.74, 6) is -0.568. The van der Waals surface area contributed by atoms with E-state index < -0.39 is 13.2 Å². The van der Waals surface area contributed by atoms with Crippen molar-refractivity contribution in [2.24, 2.45) is 0 Å². The Labute approximate surface area is 164 Å². The van der Waals surface area contributed by atoms with Crippen molar-refractivity contribution < 1.29 is 19.3 Å². The molecule has 0 aromatic heterocycles. The topological polar surface area (TPSA) is 66.8 Å². The molecule has 2 unspecified atom stereocenters. The first-order valence-electron chi connectivity index (χ1n) is 9.50. The van der Waals surface area contributed by atoms with Crippen LogP contribution in [-0.4, -0.2) is 10.2 Å². The van der Waals surface area contributed by atoms with Gasteiger partial charge < -0.3 is 14.7 Å². The third kappa shape index (κ3) is 2.85. The summed E-state index contributed by atoms with van der Waals surface area (Å²) in [5, 5.41) is 22.1. The van der Waals surface area contributed by atoms with Gasteiger partial charge in [-0.2, -0.15) is 0 Å². The molecule has 4 nitrogen and oxygen atoms in total. The van der Waals surface area contributed by atoms with Gasteiger partial charge in [0.15, 0.2) is 5.85 Å². The van der Waals surface area contributed by atoms with Crippen LogP contribution in [0.25, 0.3) is 11.1 Å². The molecule has 0 fully saturated rings. The number of hydrogen-bond donors (Lipinski definition) is 2. The van der Waals surface area contributed by atoms with Crippen LogP contribution in [0.2, 0.25) is 0 Å². The van der Waals surface area contributed by atoms with Crippen molar-refractivity contribution in [3.05, 3.63) is 77.4 Å². The number of aryl methyl sites for hydroxylation is 2. The fourth-order valence-electron chi connectivity index (χ4n) is 3.79. The first-order chi connectivity index (χ1) is 13.5. The standard InChI is InChI=1S/C23H23O4P/c1-3-15-13-17(14-16(4-2)22(15)24)23(25)28(26)21-12-8-6-10-19(21)18-9-5-7-11-20(18)27-28/h5-14,23-25H,3-4H2,1-2H3. The van der Waals surface area contributed by atoms with E-state index in [2.05, 4.69) is 0 Å². The van der Waals surface area contributed by atoms with Gasteiger partial charge in [0.1, 0.15) is 11.5 Å². The molecule has 3 aromatic carbocycles. The minimum atomic E-state index is -3.65. The van der Waals surface area contributed by atoms with E-state index in [-0.39, 0.29) is 5.75 Å². The van der Waals surface area contributed by atoms with Gasteiger partial charge >= 0.3 is 7.37 Å². The monoisotopic (exact) mass is 394 g/mol. The molecule has 0 spiro atoms. The quantitative estimate of drug-likeness (QED) is 0.599. The normalized spacial score (nSPS) is 18.7. The Kier molecular flexibility index (Phi) is 4.78.